The molecule has 1 radical (unpaired) electrons. The van der Waals surface area contributed by atoms with Crippen molar-refractivity contribution in [3.8, 4) is 33.6 Å². The molecule has 5 heteroatoms. The van der Waals surface area contributed by atoms with Crippen molar-refractivity contribution >= 4 is 39.6 Å². The average molecular weight is 856 g/mol. The van der Waals surface area contributed by atoms with E-state index in [4.69, 9.17) is 7.16 Å². The van der Waals surface area contributed by atoms with E-state index in [1.165, 1.54) is 4.40 Å². The van der Waals surface area contributed by atoms with E-state index in [0.29, 0.717) is 16.8 Å². The Labute approximate surface area is 298 Å². The predicted molar refractivity (Wildman–Crippen MR) is 196 cm³/mol. The van der Waals surface area contributed by atoms with Gasteiger partial charge in [-0.1, -0.05) is 85.8 Å². The Balaban J connectivity index is 0.000000233. The summed E-state index contributed by atoms with van der Waals surface area (Å²) in [4.78, 5) is 9.06. The van der Waals surface area contributed by atoms with Crippen molar-refractivity contribution in [1.29, 1.82) is 0 Å². The largest absolute Gasteiger partial charge is 0 e. The third-order valence-corrected chi connectivity index (χ3v) is 11.9. The van der Waals surface area contributed by atoms with Gasteiger partial charge in [0.15, 0.2) is 0 Å². The minimum Gasteiger partial charge on any atom is 0 e. The summed E-state index contributed by atoms with van der Waals surface area (Å²) in [6.07, 6.45) is 2.20. The van der Waals surface area contributed by atoms with Crippen LogP contribution in [-0.2, 0) is 26.5 Å². The number of rotatable bonds is 5. The summed E-state index contributed by atoms with van der Waals surface area (Å²) >= 11 is -1.72. The smallest absolute Gasteiger partial charge is 0 e. The van der Waals surface area contributed by atoms with Gasteiger partial charge in [0.05, 0.1) is 5.58 Å². The maximum absolute atomic E-state index is 8.64. The molecule has 3 heterocycles. The van der Waals surface area contributed by atoms with Crippen LogP contribution in [0.1, 0.15) is 29.1 Å². The molecule has 239 valence electrons. The Morgan fingerprint density at radius 2 is 1.53 bits per heavy atom. The Morgan fingerprint density at radius 1 is 0.745 bits per heavy atom. The molecular weight excluding hydrogens is 813 g/mol. The number of aromatic nitrogens is 2. The Bertz CT molecular complexity index is 2170. The molecule has 0 amide bonds. The second-order valence-corrected chi connectivity index (χ2v) is 24.2. The van der Waals surface area contributed by atoms with Crippen LogP contribution in [-0.4, -0.2) is 23.2 Å². The molecule has 3 nitrogen and oxygen atoms in total. The van der Waals surface area contributed by atoms with Crippen LogP contribution in [0.5, 0.6) is 0 Å². The summed E-state index contributed by atoms with van der Waals surface area (Å²) in [7, 11) is 0. The summed E-state index contributed by atoms with van der Waals surface area (Å²) in [5.41, 5.74) is 7.29. The number of hydrogen-bond acceptors (Lipinski definition) is 3. The minimum atomic E-state index is -1.72. The quantitative estimate of drug-likeness (QED) is 0.128. The van der Waals surface area contributed by atoms with Gasteiger partial charge in [0.2, 0.25) is 0 Å². The number of benzene rings is 4. The standard InChI is InChI=1S/C28H24NO.C14H16GeN.Ir/c1-28(2,3)18-19-14-15-29-25(16-19)24-11-7-10-23-22-13-12-21(17-26(22)30-27(23)24)20-8-5-4-6-9-20;1-15(2,3)13-9-10-14(16-11-13)12-7-5-4-6-8-12;/h4-10,12-17H,18H2,1-3H3;4-7,9-11H,1-3H3;/q2*-1;/i18D2;;. The SMILES string of the molecule is [2H]C([2H])(c1ccnc(-c2[c-]ccc3c2oc2cc(-c4ccccc4)ccc23)c1)C(C)(C)C.[CH3][Ge]([CH3])([CH3])[c]1ccc(-c2[c-]cccc2)nc1.[Ir]. The van der Waals surface area contributed by atoms with Crippen LogP contribution in [0.4, 0.5) is 0 Å². The molecule has 0 N–H and O–H groups in total. The third-order valence-electron chi connectivity index (χ3n) is 7.69. The maximum atomic E-state index is 8.64. The van der Waals surface area contributed by atoms with Gasteiger partial charge in [-0.3, -0.25) is 0 Å². The summed E-state index contributed by atoms with van der Waals surface area (Å²) in [5.74, 6) is 7.14. The molecule has 0 saturated heterocycles. The van der Waals surface area contributed by atoms with Crippen molar-refractivity contribution in [3.05, 3.63) is 139 Å². The van der Waals surface area contributed by atoms with Gasteiger partial charge in [0.25, 0.3) is 0 Å². The fraction of sp³-hybridized carbons (Fsp3) is 0.190. The van der Waals surface area contributed by atoms with Gasteiger partial charge in [0, 0.05) is 34.4 Å². The van der Waals surface area contributed by atoms with E-state index in [0.717, 1.165) is 44.3 Å². The molecule has 0 aliphatic rings. The van der Waals surface area contributed by atoms with Crippen LogP contribution in [0.2, 0.25) is 17.3 Å². The molecule has 3 aromatic heterocycles. The first-order valence-corrected chi connectivity index (χ1v) is 23.0. The molecule has 0 spiro atoms. The van der Waals surface area contributed by atoms with E-state index >= 15 is 0 Å². The predicted octanol–water partition coefficient (Wildman–Crippen LogP) is 10.8. The van der Waals surface area contributed by atoms with Crippen molar-refractivity contribution in [2.24, 2.45) is 5.41 Å². The minimum absolute atomic E-state index is 0. The topological polar surface area (TPSA) is 38.9 Å². The molecule has 0 aliphatic carbocycles. The van der Waals surface area contributed by atoms with Crippen molar-refractivity contribution in [2.75, 3.05) is 0 Å². The van der Waals surface area contributed by atoms with Crippen LogP contribution >= 0.6 is 0 Å². The van der Waals surface area contributed by atoms with Crippen LogP contribution in [0, 0.1) is 17.5 Å². The van der Waals surface area contributed by atoms with E-state index in [-0.39, 0.29) is 20.1 Å². The van der Waals surface area contributed by atoms with Gasteiger partial charge in [-0.15, -0.1) is 18.2 Å². The zero-order chi connectivity index (χ0) is 34.1. The van der Waals surface area contributed by atoms with Crippen molar-refractivity contribution in [1.82, 2.24) is 9.97 Å². The maximum Gasteiger partial charge on any atom is 0 e. The summed E-state index contributed by atoms with van der Waals surface area (Å²) < 4.78 is 25.1. The van der Waals surface area contributed by atoms with E-state index in [9.17, 15) is 0 Å². The van der Waals surface area contributed by atoms with Crippen LogP contribution in [0.3, 0.4) is 0 Å². The van der Waals surface area contributed by atoms with Crippen molar-refractivity contribution in [3.63, 3.8) is 0 Å². The van der Waals surface area contributed by atoms with Crippen LogP contribution in [0.25, 0.3) is 55.6 Å². The van der Waals surface area contributed by atoms with Gasteiger partial charge in [-0.25, -0.2) is 0 Å². The molecule has 7 rings (SSSR count). The molecule has 7 aromatic rings. The van der Waals surface area contributed by atoms with Crippen LogP contribution in [0.15, 0.2) is 126 Å². The van der Waals surface area contributed by atoms with Gasteiger partial charge in [-0.2, -0.15) is 0 Å². The number of hydrogen-bond donors (Lipinski definition) is 0. The number of fused-ring (bicyclic) bond motifs is 3. The second-order valence-electron chi connectivity index (χ2n) is 13.5. The molecule has 4 aromatic carbocycles. The fourth-order valence-corrected chi connectivity index (χ4v) is 7.54. The molecular formula is C42H40GeIrN2O-2. The first-order valence-electron chi connectivity index (χ1n) is 16.7. The van der Waals surface area contributed by atoms with E-state index in [1.807, 2.05) is 87.6 Å². The normalized spacial score (nSPS) is 12.5. The summed E-state index contributed by atoms with van der Waals surface area (Å²) in [6.45, 7) is 5.72. The van der Waals surface area contributed by atoms with Crippen molar-refractivity contribution < 1.29 is 27.3 Å². The molecule has 47 heavy (non-hydrogen) atoms. The van der Waals surface area contributed by atoms with Gasteiger partial charge in [-0.05, 0) is 40.7 Å². The van der Waals surface area contributed by atoms with Crippen molar-refractivity contribution in [2.45, 2.75) is 44.4 Å². The summed E-state index contributed by atoms with van der Waals surface area (Å²) in [5, 5.41) is 2.04. The van der Waals surface area contributed by atoms with E-state index in [2.05, 4.69) is 81.8 Å². The number of pyridine rings is 2. The average Bonchev–Trinajstić information content (AvgIpc) is 3.47. The molecule has 0 bridgehead atoms. The molecule has 0 atom stereocenters. The molecule has 0 aliphatic heterocycles. The van der Waals surface area contributed by atoms with Gasteiger partial charge < -0.3 is 9.40 Å². The molecule has 0 fully saturated rings. The number of nitrogens with zero attached hydrogens (tertiary/aromatic N) is 2. The summed E-state index contributed by atoms with van der Waals surface area (Å²) in [6, 6.07) is 42.7. The van der Waals surface area contributed by atoms with E-state index in [1.54, 1.807) is 12.3 Å². The number of furan rings is 1. The van der Waals surface area contributed by atoms with Gasteiger partial charge >= 0.3 is 99.8 Å². The molecule has 0 saturated carbocycles. The zero-order valence-electron chi connectivity index (χ0n) is 29.7. The van der Waals surface area contributed by atoms with Gasteiger partial charge in [0.1, 0.15) is 5.58 Å². The first-order chi connectivity index (χ1) is 22.8. The first kappa shape index (κ1) is 31.8. The molecule has 0 unspecified atom stereocenters. The second kappa shape index (κ2) is 14.5. The van der Waals surface area contributed by atoms with E-state index < -0.39 is 25.1 Å². The third kappa shape index (κ3) is 8.37. The fourth-order valence-electron chi connectivity index (χ4n) is 5.37. The Kier molecular flexibility index (Phi) is 9.81. The monoisotopic (exact) mass is 857 g/mol. The Morgan fingerprint density at radius 3 is 2.21 bits per heavy atom. The van der Waals surface area contributed by atoms with Crippen LogP contribution < -0.4 is 4.40 Å². The Hall–Kier alpha value is -3.83. The zero-order valence-corrected chi connectivity index (χ0v) is 32.2.